The number of fused-ring (bicyclic) bond motifs is 1. The first-order chi connectivity index (χ1) is 13.3. The molecule has 4 rings (SSSR count). The Hall–Kier alpha value is -2.82. The first-order valence-electron chi connectivity index (χ1n) is 9.10. The number of halogens is 4. The highest BCUT2D eigenvalue weighted by Gasteiger charge is 2.44. The molecular formula is C20H18F4N4. The zero-order chi connectivity index (χ0) is 20.1. The van der Waals surface area contributed by atoms with Gasteiger partial charge in [0.2, 0.25) is 0 Å². The minimum absolute atomic E-state index is 0.0190. The third kappa shape index (κ3) is 2.86. The number of benzene rings is 1. The van der Waals surface area contributed by atoms with E-state index >= 15 is 0 Å². The number of hydrogen-bond donors (Lipinski definition) is 0. The molecule has 2 atom stereocenters. The number of nitrogens with zero attached hydrogens (tertiary/aromatic N) is 4. The van der Waals surface area contributed by atoms with Crippen LogP contribution in [-0.2, 0) is 0 Å². The van der Waals surface area contributed by atoms with Crippen LogP contribution in [0, 0.1) is 17.1 Å². The lowest BCUT2D eigenvalue weighted by Gasteiger charge is -2.38. The summed E-state index contributed by atoms with van der Waals surface area (Å²) in [5.41, 5.74) is 1.17. The summed E-state index contributed by atoms with van der Waals surface area (Å²) in [4.78, 5) is 5.40. The molecule has 28 heavy (non-hydrogen) atoms. The third-order valence-electron chi connectivity index (χ3n) is 5.58. The summed E-state index contributed by atoms with van der Waals surface area (Å²) in [5.74, 6) is -0.450. The molecule has 0 amide bonds. The quantitative estimate of drug-likeness (QED) is 0.674. The monoisotopic (exact) mass is 390 g/mol. The van der Waals surface area contributed by atoms with Gasteiger partial charge in [-0.2, -0.15) is 18.4 Å². The van der Waals surface area contributed by atoms with Crippen LogP contribution in [0.4, 0.5) is 17.6 Å². The van der Waals surface area contributed by atoms with Gasteiger partial charge in [0.15, 0.2) is 6.17 Å². The van der Waals surface area contributed by atoms with E-state index in [0.29, 0.717) is 16.6 Å². The van der Waals surface area contributed by atoms with E-state index < -0.39 is 24.2 Å². The van der Waals surface area contributed by atoms with E-state index in [1.54, 1.807) is 0 Å². The molecule has 4 nitrogen and oxygen atoms in total. The smallest absolute Gasteiger partial charge is 0.339 e. The van der Waals surface area contributed by atoms with Crippen LogP contribution in [0.2, 0.25) is 0 Å². The summed E-state index contributed by atoms with van der Waals surface area (Å²) >= 11 is 0. The van der Waals surface area contributed by atoms with Crippen LogP contribution >= 0.6 is 0 Å². The second-order valence-corrected chi connectivity index (χ2v) is 7.17. The molecule has 1 aliphatic carbocycles. The molecule has 0 radical (unpaired) electrons. The Kier molecular flexibility index (Phi) is 4.41. The lowest BCUT2D eigenvalue weighted by atomic mass is 9.92. The fraction of sp³-hybridized carbons (Fsp3) is 0.400. The predicted molar refractivity (Wildman–Crippen MR) is 97.2 cm³/mol. The van der Waals surface area contributed by atoms with Gasteiger partial charge in [-0.25, -0.2) is 4.39 Å². The first kappa shape index (κ1) is 18.5. The van der Waals surface area contributed by atoms with Crippen LogP contribution in [-0.4, -0.2) is 27.9 Å². The standard InChI is InChI=1S/C20H18F4N4/c1-12(20(22,23)24)27-9-3-8-26-19(27)18-16(11-25)15-7-6-13(21)10-17(15)28(18)14-4-2-5-14/h3,6-10,12,14,19H,2,4-5H2,1H3/t12-,19?/m0/s1. The van der Waals surface area contributed by atoms with E-state index in [0.717, 1.165) is 31.1 Å². The van der Waals surface area contributed by atoms with Crippen LogP contribution in [0.1, 0.15) is 49.7 Å². The van der Waals surface area contributed by atoms with Gasteiger partial charge < -0.3 is 9.47 Å². The number of hydrogen-bond acceptors (Lipinski definition) is 3. The molecule has 1 aliphatic heterocycles. The highest BCUT2D eigenvalue weighted by Crippen LogP contribution is 2.44. The lowest BCUT2D eigenvalue weighted by molar-refractivity contribution is -0.177. The Morgan fingerprint density at radius 2 is 2.04 bits per heavy atom. The second-order valence-electron chi connectivity index (χ2n) is 7.17. The van der Waals surface area contributed by atoms with E-state index in [1.807, 2.05) is 4.57 Å². The van der Waals surface area contributed by atoms with Gasteiger partial charge in [0.1, 0.15) is 17.9 Å². The van der Waals surface area contributed by atoms with Gasteiger partial charge in [-0.05, 0) is 50.5 Å². The van der Waals surface area contributed by atoms with Crippen molar-refractivity contribution in [1.82, 2.24) is 9.47 Å². The maximum Gasteiger partial charge on any atom is 0.408 e. The van der Waals surface area contributed by atoms with Gasteiger partial charge in [0, 0.05) is 23.8 Å². The highest BCUT2D eigenvalue weighted by atomic mass is 19.4. The van der Waals surface area contributed by atoms with E-state index in [4.69, 9.17) is 0 Å². The zero-order valence-corrected chi connectivity index (χ0v) is 15.1. The Bertz CT molecular complexity index is 1010. The topological polar surface area (TPSA) is 44.3 Å². The average Bonchev–Trinajstić information content (AvgIpc) is 2.92. The van der Waals surface area contributed by atoms with E-state index in [1.165, 1.54) is 36.7 Å². The van der Waals surface area contributed by atoms with Crippen molar-refractivity contribution in [3.8, 4) is 6.07 Å². The maximum atomic E-state index is 14.0. The van der Waals surface area contributed by atoms with Crippen LogP contribution in [0.25, 0.3) is 10.9 Å². The number of aromatic nitrogens is 1. The SMILES string of the molecule is C[C@H](N1C=CC=NC1c1c(C#N)c2ccc(F)cc2n1C1CCC1)C(F)(F)F. The van der Waals surface area contributed by atoms with Crippen LogP contribution in [0.3, 0.4) is 0 Å². The molecule has 2 aliphatic rings. The van der Waals surface area contributed by atoms with E-state index in [9.17, 15) is 22.8 Å². The zero-order valence-electron chi connectivity index (χ0n) is 15.1. The first-order valence-corrected chi connectivity index (χ1v) is 9.10. The van der Waals surface area contributed by atoms with Gasteiger partial charge in [-0.3, -0.25) is 4.99 Å². The molecule has 0 spiro atoms. The summed E-state index contributed by atoms with van der Waals surface area (Å²) < 4.78 is 56.1. The lowest BCUT2D eigenvalue weighted by Crippen LogP contribution is -2.43. The summed E-state index contributed by atoms with van der Waals surface area (Å²) in [5, 5.41) is 10.4. The molecule has 2 aromatic rings. The molecule has 0 N–H and O–H groups in total. The highest BCUT2D eigenvalue weighted by molar-refractivity contribution is 5.89. The fourth-order valence-electron chi connectivity index (χ4n) is 3.86. The predicted octanol–water partition coefficient (Wildman–Crippen LogP) is 5.23. The van der Waals surface area contributed by atoms with Crippen LogP contribution < -0.4 is 0 Å². The molecule has 1 saturated carbocycles. The normalized spacial score (nSPS) is 21.0. The minimum Gasteiger partial charge on any atom is -0.339 e. The number of alkyl halides is 3. The number of allylic oxidation sites excluding steroid dienone is 1. The summed E-state index contributed by atoms with van der Waals surface area (Å²) in [7, 11) is 0. The Labute approximate surface area is 159 Å². The molecule has 1 aromatic carbocycles. The molecule has 1 unspecified atom stereocenters. The van der Waals surface area contributed by atoms with Crippen molar-refractivity contribution in [2.75, 3.05) is 0 Å². The Morgan fingerprint density at radius 3 is 2.64 bits per heavy atom. The molecule has 0 saturated heterocycles. The van der Waals surface area contributed by atoms with Gasteiger partial charge in [-0.1, -0.05) is 0 Å². The van der Waals surface area contributed by atoms with Gasteiger partial charge in [-0.15, -0.1) is 0 Å². The Morgan fingerprint density at radius 1 is 1.29 bits per heavy atom. The maximum absolute atomic E-state index is 14.0. The fourth-order valence-corrected chi connectivity index (χ4v) is 3.86. The van der Waals surface area contributed by atoms with E-state index in [-0.39, 0.29) is 11.6 Å². The van der Waals surface area contributed by atoms with Gasteiger partial charge in [0.25, 0.3) is 0 Å². The second kappa shape index (κ2) is 6.66. The molecule has 0 bridgehead atoms. The van der Waals surface area contributed by atoms with Crippen molar-refractivity contribution < 1.29 is 17.6 Å². The molecule has 2 heterocycles. The van der Waals surface area contributed by atoms with Crippen LogP contribution in [0.5, 0.6) is 0 Å². The number of rotatable bonds is 3. The van der Waals surface area contributed by atoms with Crippen LogP contribution in [0.15, 0.2) is 35.5 Å². The molecule has 146 valence electrons. The summed E-state index contributed by atoms with van der Waals surface area (Å²) in [6.45, 7) is 1.07. The third-order valence-corrected chi connectivity index (χ3v) is 5.58. The summed E-state index contributed by atoms with van der Waals surface area (Å²) in [6.07, 6.45) is 1.42. The largest absolute Gasteiger partial charge is 0.408 e. The average molecular weight is 390 g/mol. The Balaban J connectivity index is 1.95. The van der Waals surface area contributed by atoms with Crippen molar-refractivity contribution in [3.05, 3.63) is 47.5 Å². The minimum atomic E-state index is -4.46. The van der Waals surface area contributed by atoms with Crippen molar-refractivity contribution in [1.29, 1.82) is 5.26 Å². The van der Waals surface area contributed by atoms with Gasteiger partial charge in [0.05, 0.1) is 16.8 Å². The molecule has 1 aromatic heterocycles. The van der Waals surface area contributed by atoms with Crippen molar-refractivity contribution in [2.45, 2.75) is 50.6 Å². The van der Waals surface area contributed by atoms with Crippen molar-refractivity contribution in [3.63, 3.8) is 0 Å². The molecular weight excluding hydrogens is 372 g/mol. The number of aliphatic imine (C=N–C) groups is 1. The van der Waals surface area contributed by atoms with E-state index in [2.05, 4.69) is 11.1 Å². The molecule has 8 heteroatoms. The number of nitriles is 1. The molecule has 1 fully saturated rings. The summed E-state index contributed by atoms with van der Waals surface area (Å²) in [6, 6.07) is 4.48. The van der Waals surface area contributed by atoms with Crippen molar-refractivity contribution >= 4 is 17.1 Å². The van der Waals surface area contributed by atoms with Gasteiger partial charge >= 0.3 is 6.18 Å². The van der Waals surface area contributed by atoms with Crippen molar-refractivity contribution in [2.24, 2.45) is 4.99 Å².